The second-order valence-electron chi connectivity index (χ2n) is 5.64. The standard InChI is InChI=1S/C15H17N5O3S/c1-22-7-11-18-12(23-19-11)3-5-20-8-17-14-13(15(20)21)9-2-4-16-6-10(9)24-14/h8,16H,2-7H2,1H3. The van der Waals surface area contributed by atoms with E-state index in [0.717, 1.165) is 35.3 Å². The van der Waals surface area contributed by atoms with Crippen LogP contribution >= 0.6 is 11.3 Å². The van der Waals surface area contributed by atoms with E-state index in [2.05, 4.69) is 20.4 Å². The van der Waals surface area contributed by atoms with Crippen LogP contribution in [-0.4, -0.2) is 33.3 Å². The van der Waals surface area contributed by atoms with Crippen LogP contribution in [0.3, 0.4) is 0 Å². The van der Waals surface area contributed by atoms with Gasteiger partial charge < -0.3 is 14.6 Å². The number of fused-ring (bicyclic) bond motifs is 3. The highest BCUT2D eigenvalue weighted by molar-refractivity contribution is 7.18. The van der Waals surface area contributed by atoms with Crippen LogP contribution in [0.5, 0.6) is 0 Å². The first-order chi connectivity index (χ1) is 11.8. The van der Waals surface area contributed by atoms with Crippen LogP contribution in [0.15, 0.2) is 15.6 Å². The minimum Gasteiger partial charge on any atom is -0.377 e. The lowest BCUT2D eigenvalue weighted by Crippen LogP contribution is -2.25. The summed E-state index contributed by atoms with van der Waals surface area (Å²) in [4.78, 5) is 23.5. The predicted octanol–water partition coefficient (Wildman–Crippen LogP) is 0.876. The molecule has 4 heterocycles. The molecule has 0 atom stereocenters. The third kappa shape index (κ3) is 2.74. The molecule has 0 radical (unpaired) electrons. The number of nitrogens with zero attached hydrogens (tertiary/aromatic N) is 4. The van der Waals surface area contributed by atoms with Gasteiger partial charge in [-0.1, -0.05) is 5.16 Å². The third-order valence-electron chi connectivity index (χ3n) is 4.05. The largest absolute Gasteiger partial charge is 0.377 e. The molecule has 0 aromatic carbocycles. The normalized spacial score (nSPS) is 14.2. The Morgan fingerprint density at radius 1 is 1.50 bits per heavy atom. The highest BCUT2D eigenvalue weighted by atomic mass is 32.1. The highest BCUT2D eigenvalue weighted by Crippen LogP contribution is 2.29. The average Bonchev–Trinajstić information content (AvgIpc) is 3.19. The van der Waals surface area contributed by atoms with E-state index in [-0.39, 0.29) is 5.56 Å². The first kappa shape index (κ1) is 15.4. The van der Waals surface area contributed by atoms with E-state index >= 15 is 0 Å². The van der Waals surface area contributed by atoms with Gasteiger partial charge in [-0.3, -0.25) is 9.36 Å². The molecular weight excluding hydrogens is 330 g/mol. The van der Waals surface area contributed by atoms with Gasteiger partial charge in [0, 0.05) is 31.5 Å². The van der Waals surface area contributed by atoms with Crippen molar-refractivity contribution >= 4 is 21.6 Å². The van der Waals surface area contributed by atoms with Crippen LogP contribution in [0.25, 0.3) is 10.2 Å². The highest BCUT2D eigenvalue weighted by Gasteiger charge is 2.19. The van der Waals surface area contributed by atoms with Crippen LogP contribution in [0.1, 0.15) is 22.2 Å². The molecule has 1 aliphatic heterocycles. The lowest BCUT2D eigenvalue weighted by atomic mass is 10.1. The van der Waals surface area contributed by atoms with Gasteiger partial charge in [-0.05, 0) is 18.5 Å². The number of ether oxygens (including phenoxy) is 1. The van der Waals surface area contributed by atoms with Crippen molar-refractivity contribution in [2.75, 3.05) is 13.7 Å². The van der Waals surface area contributed by atoms with Crippen molar-refractivity contribution in [1.29, 1.82) is 0 Å². The topological polar surface area (TPSA) is 95.1 Å². The molecule has 0 fully saturated rings. The second-order valence-corrected chi connectivity index (χ2v) is 6.72. The van der Waals surface area contributed by atoms with Gasteiger partial charge in [0.2, 0.25) is 5.89 Å². The van der Waals surface area contributed by atoms with E-state index in [1.807, 2.05) is 0 Å². The average molecular weight is 347 g/mol. The fourth-order valence-corrected chi connectivity index (χ4v) is 4.05. The number of methoxy groups -OCH3 is 1. The molecule has 0 saturated carbocycles. The van der Waals surface area contributed by atoms with Gasteiger partial charge in [-0.25, -0.2) is 4.98 Å². The molecule has 126 valence electrons. The summed E-state index contributed by atoms with van der Waals surface area (Å²) in [7, 11) is 1.58. The van der Waals surface area contributed by atoms with Crippen molar-refractivity contribution in [3.05, 3.63) is 38.8 Å². The van der Waals surface area contributed by atoms with E-state index in [0.29, 0.717) is 31.3 Å². The molecule has 1 N–H and O–H groups in total. The van der Waals surface area contributed by atoms with Crippen LogP contribution in [0, 0.1) is 0 Å². The second kappa shape index (κ2) is 6.42. The van der Waals surface area contributed by atoms with E-state index in [9.17, 15) is 4.79 Å². The molecule has 0 aliphatic carbocycles. The summed E-state index contributed by atoms with van der Waals surface area (Å²) in [5.74, 6) is 0.999. The smallest absolute Gasteiger partial charge is 0.262 e. The molecule has 1 aliphatic rings. The molecule has 24 heavy (non-hydrogen) atoms. The Hall–Kier alpha value is -2.10. The van der Waals surface area contributed by atoms with Crippen molar-refractivity contribution < 1.29 is 9.26 Å². The fraction of sp³-hybridized carbons (Fsp3) is 0.467. The number of aromatic nitrogens is 4. The summed E-state index contributed by atoms with van der Waals surface area (Å²) in [5, 5.41) is 7.92. The summed E-state index contributed by atoms with van der Waals surface area (Å²) in [6.07, 6.45) is 2.96. The van der Waals surface area contributed by atoms with E-state index < -0.39 is 0 Å². The Morgan fingerprint density at radius 2 is 2.42 bits per heavy atom. The number of hydrogen-bond donors (Lipinski definition) is 1. The summed E-state index contributed by atoms with van der Waals surface area (Å²) < 4.78 is 11.7. The van der Waals surface area contributed by atoms with Crippen molar-refractivity contribution in [2.45, 2.75) is 32.5 Å². The lowest BCUT2D eigenvalue weighted by molar-refractivity contribution is 0.174. The van der Waals surface area contributed by atoms with Crippen LogP contribution in [0.2, 0.25) is 0 Å². The molecule has 9 heteroatoms. The third-order valence-corrected chi connectivity index (χ3v) is 5.19. The van der Waals surface area contributed by atoms with Crippen LogP contribution in [-0.2, 0) is 37.3 Å². The molecule has 0 saturated heterocycles. The number of hydrogen-bond acceptors (Lipinski definition) is 8. The summed E-state index contributed by atoms with van der Waals surface area (Å²) in [6, 6.07) is 0. The molecule has 0 unspecified atom stereocenters. The van der Waals surface area contributed by atoms with Crippen molar-refractivity contribution in [2.24, 2.45) is 0 Å². The summed E-state index contributed by atoms with van der Waals surface area (Å²) in [6.45, 7) is 2.49. The predicted molar refractivity (Wildman–Crippen MR) is 88.0 cm³/mol. The number of nitrogens with one attached hydrogen (secondary N) is 1. The molecule has 4 rings (SSSR count). The molecule has 0 bridgehead atoms. The molecule has 0 spiro atoms. The molecule has 8 nitrogen and oxygen atoms in total. The zero-order chi connectivity index (χ0) is 16.5. The maximum atomic E-state index is 12.8. The van der Waals surface area contributed by atoms with Crippen molar-refractivity contribution in [3.63, 3.8) is 0 Å². The van der Waals surface area contributed by atoms with E-state index in [1.54, 1.807) is 29.3 Å². The van der Waals surface area contributed by atoms with Gasteiger partial charge in [0.1, 0.15) is 11.4 Å². The Bertz CT molecular complexity index is 929. The van der Waals surface area contributed by atoms with Gasteiger partial charge >= 0.3 is 0 Å². The summed E-state index contributed by atoms with van der Waals surface area (Å²) in [5.41, 5.74) is 1.16. The van der Waals surface area contributed by atoms with Crippen LogP contribution in [0.4, 0.5) is 0 Å². The van der Waals surface area contributed by atoms with Crippen molar-refractivity contribution in [1.82, 2.24) is 25.0 Å². The zero-order valence-corrected chi connectivity index (χ0v) is 14.1. The first-order valence-electron chi connectivity index (χ1n) is 7.77. The maximum absolute atomic E-state index is 12.8. The molecular formula is C15H17N5O3S. The Morgan fingerprint density at radius 3 is 3.29 bits per heavy atom. The zero-order valence-electron chi connectivity index (χ0n) is 13.2. The van der Waals surface area contributed by atoms with Gasteiger partial charge in [0.05, 0.1) is 11.7 Å². The summed E-state index contributed by atoms with van der Waals surface area (Å²) >= 11 is 1.60. The fourth-order valence-electron chi connectivity index (χ4n) is 2.90. The molecule has 3 aromatic heterocycles. The van der Waals surface area contributed by atoms with Crippen LogP contribution < -0.4 is 10.9 Å². The Kier molecular flexibility index (Phi) is 4.13. The van der Waals surface area contributed by atoms with Crippen molar-refractivity contribution in [3.8, 4) is 0 Å². The quantitative estimate of drug-likeness (QED) is 0.732. The monoisotopic (exact) mass is 347 g/mol. The van der Waals surface area contributed by atoms with Gasteiger partial charge in [-0.15, -0.1) is 11.3 Å². The number of rotatable bonds is 5. The minimum absolute atomic E-state index is 0.0102. The number of thiophene rings is 1. The van der Waals surface area contributed by atoms with E-state index in [1.165, 1.54) is 4.88 Å². The van der Waals surface area contributed by atoms with E-state index in [4.69, 9.17) is 9.26 Å². The lowest BCUT2D eigenvalue weighted by Gasteiger charge is -2.12. The maximum Gasteiger partial charge on any atom is 0.262 e. The minimum atomic E-state index is 0.0102. The Labute approximate surface area is 141 Å². The first-order valence-corrected chi connectivity index (χ1v) is 8.58. The Balaban J connectivity index is 1.60. The van der Waals surface area contributed by atoms with Gasteiger partial charge in [0.25, 0.3) is 5.56 Å². The number of aryl methyl sites for hydroxylation is 2. The SMILES string of the molecule is COCc1noc(CCn2cnc3sc4c(c3c2=O)CCNC4)n1. The van der Waals surface area contributed by atoms with Gasteiger partial charge in [-0.2, -0.15) is 4.98 Å². The van der Waals surface area contributed by atoms with Gasteiger partial charge in [0.15, 0.2) is 5.82 Å². The molecule has 0 amide bonds. The molecule has 3 aromatic rings.